The molecule has 1 saturated heterocycles. The number of aromatic nitrogens is 1. The second-order valence-corrected chi connectivity index (χ2v) is 10.9. The van der Waals surface area contributed by atoms with Crippen LogP contribution >= 0.6 is 0 Å². The van der Waals surface area contributed by atoms with Gasteiger partial charge in [0.25, 0.3) is 5.56 Å². The van der Waals surface area contributed by atoms with Crippen molar-refractivity contribution < 1.29 is 8.42 Å². The van der Waals surface area contributed by atoms with Crippen molar-refractivity contribution in [3.63, 3.8) is 0 Å². The van der Waals surface area contributed by atoms with E-state index in [-0.39, 0.29) is 11.3 Å². The number of nitrogens with zero attached hydrogens (tertiary/aromatic N) is 2. The smallest absolute Gasteiger partial charge is 0.254 e. The first-order valence-electron chi connectivity index (χ1n) is 10.6. The van der Waals surface area contributed by atoms with Crippen molar-refractivity contribution in [1.29, 1.82) is 0 Å². The number of nitrogens with one attached hydrogen (secondary N) is 1. The van der Waals surface area contributed by atoms with Crippen LogP contribution in [-0.4, -0.2) is 31.8 Å². The van der Waals surface area contributed by atoms with Crippen LogP contribution < -0.4 is 15.2 Å². The van der Waals surface area contributed by atoms with Crippen molar-refractivity contribution >= 4 is 27.5 Å². The molecule has 1 N–H and O–H groups in total. The fraction of sp³-hybridized carbons (Fsp3) is 0.435. The number of allylic oxidation sites excluding steroid dienone is 1. The van der Waals surface area contributed by atoms with Crippen LogP contribution in [0.15, 0.2) is 35.3 Å². The minimum atomic E-state index is -3.37. The van der Waals surface area contributed by atoms with E-state index in [1.165, 1.54) is 19.3 Å². The number of sulfonamides is 1. The molecule has 1 aromatic carbocycles. The Morgan fingerprint density at radius 1 is 1.17 bits per heavy atom. The molecule has 3 aliphatic rings. The highest BCUT2D eigenvalue weighted by molar-refractivity contribution is 7.92. The summed E-state index contributed by atoms with van der Waals surface area (Å²) in [7, 11) is -1.59. The van der Waals surface area contributed by atoms with Gasteiger partial charge in [0.1, 0.15) is 0 Å². The molecule has 30 heavy (non-hydrogen) atoms. The van der Waals surface area contributed by atoms with Crippen LogP contribution in [0.25, 0.3) is 17.2 Å². The van der Waals surface area contributed by atoms with Crippen molar-refractivity contribution in [2.45, 2.75) is 32.6 Å². The normalized spacial score (nSPS) is 18.8. The molecule has 2 aromatic rings. The van der Waals surface area contributed by atoms with Gasteiger partial charge in [0.2, 0.25) is 10.0 Å². The summed E-state index contributed by atoms with van der Waals surface area (Å²) in [6.07, 6.45) is 10.5. The highest BCUT2D eigenvalue weighted by Gasteiger charge is 2.47. The third-order valence-electron chi connectivity index (χ3n) is 6.87. The summed E-state index contributed by atoms with van der Waals surface area (Å²) >= 11 is 0. The fourth-order valence-corrected chi connectivity index (χ4v) is 5.61. The van der Waals surface area contributed by atoms with Gasteiger partial charge in [0, 0.05) is 59.8 Å². The summed E-state index contributed by atoms with van der Waals surface area (Å²) in [6, 6.07) is 5.78. The molecular formula is C23H27N3O3S. The van der Waals surface area contributed by atoms with Gasteiger partial charge in [-0.05, 0) is 49.9 Å². The lowest BCUT2D eigenvalue weighted by Gasteiger charge is -2.57. The van der Waals surface area contributed by atoms with E-state index < -0.39 is 10.0 Å². The Labute approximate surface area is 177 Å². The zero-order valence-corrected chi connectivity index (χ0v) is 18.3. The summed E-state index contributed by atoms with van der Waals surface area (Å²) < 4.78 is 28.6. The maximum atomic E-state index is 12.6. The van der Waals surface area contributed by atoms with Crippen molar-refractivity contribution in [2.75, 3.05) is 28.5 Å². The third-order valence-corrected chi connectivity index (χ3v) is 8.18. The molecule has 0 amide bonds. The SMILES string of the molecule is CCS(=O)(=O)Nc1ccc(N2CC3(CCC3)C2)c(-c2cn(C)c(=O)c3c2C=CC3)c1. The van der Waals surface area contributed by atoms with Gasteiger partial charge in [0.15, 0.2) is 0 Å². The topological polar surface area (TPSA) is 71.4 Å². The third kappa shape index (κ3) is 3.07. The van der Waals surface area contributed by atoms with Crippen LogP contribution in [0, 0.1) is 5.41 Å². The molecule has 6 nitrogen and oxygen atoms in total. The maximum absolute atomic E-state index is 12.6. The lowest BCUT2D eigenvalue weighted by molar-refractivity contribution is 0.0905. The Morgan fingerprint density at radius 3 is 2.60 bits per heavy atom. The van der Waals surface area contributed by atoms with Crippen molar-refractivity contribution in [2.24, 2.45) is 12.5 Å². The zero-order valence-electron chi connectivity index (χ0n) is 17.4. The molecule has 1 aliphatic heterocycles. The van der Waals surface area contributed by atoms with Crippen molar-refractivity contribution in [3.05, 3.63) is 52.0 Å². The molecule has 1 spiro atoms. The van der Waals surface area contributed by atoms with E-state index in [1.54, 1.807) is 18.5 Å². The summed E-state index contributed by atoms with van der Waals surface area (Å²) in [6.45, 7) is 3.72. The monoisotopic (exact) mass is 425 g/mol. The number of benzene rings is 1. The molecular weight excluding hydrogens is 398 g/mol. The van der Waals surface area contributed by atoms with E-state index in [0.717, 1.165) is 41.0 Å². The lowest BCUT2D eigenvalue weighted by Crippen LogP contribution is -2.60. The molecule has 158 valence electrons. The molecule has 2 heterocycles. The van der Waals surface area contributed by atoms with Gasteiger partial charge in [-0.25, -0.2) is 8.42 Å². The fourth-order valence-electron chi connectivity index (χ4n) is 4.98. The average Bonchev–Trinajstić information content (AvgIpc) is 3.13. The number of rotatable bonds is 5. The van der Waals surface area contributed by atoms with Gasteiger partial charge >= 0.3 is 0 Å². The molecule has 0 atom stereocenters. The average molecular weight is 426 g/mol. The number of pyridine rings is 1. The molecule has 1 aromatic heterocycles. The Hall–Kier alpha value is -2.54. The van der Waals surface area contributed by atoms with Crippen LogP contribution in [-0.2, 0) is 23.5 Å². The minimum Gasteiger partial charge on any atom is -0.370 e. The first-order chi connectivity index (χ1) is 14.3. The highest BCUT2D eigenvalue weighted by atomic mass is 32.2. The van der Waals surface area contributed by atoms with Crippen LogP contribution in [0.2, 0.25) is 0 Å². The van der Waals surface area contributed by atoms with Gasteiger partial charge in [-0.2, -0.15) is 0 Å². The van der Waals surface area contributed by atoms with E-state index in [1.807, 2.05) is 36.5 Å². The predicted octanol–water partition coefficient (Wildman–Crippen LogP) is 3.37. The number of hydrogen-bond acceptors (Lipinski definition) is 4. The van der Waals surface area contributed by atoms with Crippen LogP contribution in [0.5, 0.6) is 0 Å². The van der Waals surface area contributed by atoms with Gasteiger partial charge in [-0.15, -0.1) is 0 Å². The predicted molar refractivity (Wildman–Crippen MR) is 121 cm³/mol. The van der Waals surface area contributed by atoms with Gasteiger partial charge in [0.05, 0.1) is 5.75 Å². The molecule has 7 heteroatoms. The summed E-state index contributed by atoms with van der Waals surface area (Å²) in [5.41, 5.74) is 5.87. The second-order valence-electron chi connectivity index (χ2n) is 8.90. The molecule has 0 unspecified atom stereocenters. The molecule has 0 radical (unpaired) electrons. The Kier molecular flexibility index (Phi) is 4.36. The Bertz CT molecular complexity index is 1210. The van der Waals surface area contributed by atoms with E-state index in [2.05, 4.69) is 9.62 Å². The summed E-state index contributed by atoms with van der Waals surface area (Å²) in [4.78, 5) is 15.0. The van der Waals surface area contributed by atoms with Gasteiger partial charge < -0.3 is 9.47 Å². The summed E-state index contributed by atoms with van der Waals surface area (Å²) in [5, 5.41) is 0. The second kappa shape index (κ2) is 6.74. The quantitative estimate of drug-likeness (QED) is 0.797. The highest BCUT2D eigenvalue weighted by Crippen LogP contribution is 2.51. The molecule has 2 aliphatic carbocycles. The molecule has 1 saturated carbocycles. The minimum absolute atomic E-state index is 0.0245. The first kappa shape index (κ1) is 19.4. The lowest BCUT2D eigenvalue weighted by atomic mass is 9.63. The van der Waals surface area contributed by atoms with Crippen LogP contribution in [0.1, 0.15) is 37.3 Å². The maximum Gasteiger partial charge on any atom is 0.254 e. The Balaban J connectivity index is 1.63. The number of fused-ring (bicyclic) bond motifs is 1. The van der Waals surface area contributed by atoms with Crippen LogP contribution in [0.3, 0.4) is 0 Å². The number of aryl methyl sites for hydroxylation is 1. The Morgan fingerprint density at radius 2 is 1.93 bits per heavy atom. The first-order valence-corrected chi connectivity index (χ1v) is 12.2. The largest absolute Gasteiger partial charge is 0.370 e. The standard InChI is InChI=1S/C23H27N3O3S/c1-3-30(28,29)24-16-8-9-21(26-14-23(15-26)10-5-11-23)19(12-16)20-13-25(2)22(27)18-7-4-6-17(18)20/h4,6,8-9,12-13,24H,3,5,7,10-11,14-15H2,1-2H3. The van der Waals surface area contributed by atoms with Gasteiger partial charge in [-0.1, -0.05) is 18.6 Å². The van der Waals surface area contributed by atoms with E-state index in [9.17, 15) is 13.2 Å². The van der Waals surface area contributed by atoms with Gasteiger partial charge in [-0.3, -0.25) is 9.52 Å². The van der Waals surface area contributed by atoms with Crippen molar-refractivity contribution in [3.8, 4) is 11.1 Å². The number of hydrogen-bond donors (Lipinski definition) is 1. The van der Waals surface area contributed by atoms with E-state index in [0.29, 0.717) is 17.5 Å². The molecule has 0 bridgehead atoms. The van der Waals surface area contributed by atoms with E-state index >= 15 is 0 Å². The summed E-state index contributed by atoms with van der Waals surface area (Å²) in [5.74, 6) is 0.0245. The van der Waals surface area contributed by atoms with E-state index in [4.69, 9.17) is 0 Å². The van der Waals surface area contributed by atoms with Crippen LogP contribution in [0.4, 0.5) is 11.4 Å². The molecule has 5 rings (SSSR count). The van der Waals surface area contributed by atoms with Crippen molar-refractivity contribution in [1.82, 2.24) is 4.57 Å². The number of anilines is 2. The molecule has 2 fully saturated rings. The zero-order chi connectivity index (χ0) is 21.1.